The maximum atomic E-state index is 12.5. The van der Waals surface area contributed by atoms with Gasteiger partial charge in [0.1, 0.15) is 0 Å². The molecule has 0 fully saturated rings. The maximum absolute atomic E-state index is 12.5. The van der Waals surface area contributed by atoms with E-state index in [9.17, 15) is 13.2 Å². The van der Waals surface area contributed by atoms with Crippen molar-refractivity contribution < 1.29 is 13.2 Å². The van der Waals surface area contributed by atoms with E-state index in [-0.39, 0.29) is 12.3 Å². The lowest BCUT2D eigenvalue weighted by Crippen LogP contribution is -2.13. The number of benzene rings is 1. The van der Waals surface area contributed by atoms with Gasteiger partial charge < -0.3 is 0 Å². The molecular formula is C19H27F3. The minimum absolute atomic E-state index is 0.0934. The fourth-order valence-electron chi connectivity index (χ4n) is 2.77. The van der Waals surface area contributed by atoms with Gasteiger partial charge in [-0.3, -0.25) is 0 Å². The quantitative estimate of drug-likeness (QED) is 0.444. The highest BCUT2D eigenvalue weighted by atomic mass is 19.4. The molecule has 0 bridgehead atoms. The van der Waals surface area contributed by atoms with Crippen LogP contribution in [0.4, 0.5) is 13.2 Å². The highest BCUT2D eigenvalue weighted by Crippen LogP contribution is 2.29. The van der Waals surface area contributed by atoms with Crippen molar-refractivity contribution in [3.63, 3.8) is 0 Å². The van der Waals surface area contributed by atoms with Crippen LogP contribution in [0.1, 0.15) is 57.9 Å². The monoisotopic (exact) mass is 312 g/mol. The lowest BCUT2D eigenvalue weighted by molar-refractivity contribution is -0.137. The van der Waals surface area contributed by atoms with E-state index in [4.69, 9.17) is 0 Å². The van der Waals surface area contributed by atoms with Crippen LogP contribution in [0, 0.1) is 5.92 Å². The third-order valence-electron chi connectivity index (χ3n) is 4.02. The van der Waals surface area contributed by atoms with E-state index in [0.717, 1.165) is 37.7 Å². The Hall–Kier alpha value is -1.25. The molecule has 124 valence electrons. The minimum Gasteiger partial charge on any atom is -0.171 e. The Morgan fingerprint density at radius 2 is 1.77 bits per heavy atom. The Kier molecular flexibility index (Phi) is 8.29. The Balaban J connectivity index is 2.63. The van der Waals surface area contributed by atoms with Crippen LogP contribution in [0.3, 0.4) is 0 Å². The van der Waals surface area contributed by atoms with Gasteiger partial charge >= 0.3 is 6.18 Å². The van der Waals surface area contributed by atoms with Gasteiger partial charge in [-0.05, 0) is 50.0 Å². The second kappa shape index (κ2) is 9.70. The number of halogens is 3. The van der Waals surface area contributed by atoms with Gasteiger partial charge in [-0.15, -0.1) is 0 Å². The summed E-state index contributed by atoms with van der Waals surface area (Å²) in [4.78, 5) is 0. The molecule has 0 radical (unpaired) electrons. The van der Waals surface area contributed by atoms with Crippen LogP contribution in [0.15, 0.2) is 42.0 Å². The van der Waals surface area contributed by atoms with Crippen molar-refractivity contribution >= 4 is 0 Å². The van der Waals surface area contributed by atoms with Gasteiger partial charge in [0.2, 0.25) is 0 Å². The van der Waals surface area contributed by atoms with Gasteiger partial charge in [0, 0.05) is 6.42 Å². The zero-order valence-corrected chi connectivity index (χ0v) is 13.6. The summed E-state index contributed by atoms with van der Waals surface area (Å²) in [6.07, 6.45) is 2.18. The lowest BCUT2D eigenvalue weighted by atomic mass is 9.88. The first-order chi connectivity index (χ1) is 10.4. The topological polar surface area (TPSA) is 0 Å². The number of hydrogen-bond donors (Lipinski definition) is 0. The van der Waals surface area contributed by atoms with Crippen molar-refractivity contribution in [2.45, 2.75) is 65.0 Å². The molecule has 1 unspecified atom stereocenters. The Morgan fingerprint density at radius 3 is 2.32 bits per heavy atom. The molecule has 0 amide bonds. The maximum Gasteiger partial charge on any atom is 0.389 e. The highest BCUT2D eigenvalue weighted by molar-refractivity contribution is 5.15. The molecule has 0 aliphatic carbocycles. The summed E-state index contributed by atoms with van der Waals surface area (Å²) in [7, 11) is 0. The minimum atomic E-state index is -4.05. The molecular weight excluding hydrogens is 285 g/mol. The van der Waals surface area contributed by atoms with Crippen molar-refractivity contribution in [2.75, 3.05) is 0 Å². The lowest BCUT2D eigenvalue weighted by Gasteiger charge is -2.19. The van der Waals surface area contributed by atoms with Crippen molar-refractivity contribution in [1.82, 2.24) is 0 Å². The molecule has 3 heteroatoms. The predicted octanol–water partition coefficient (Wildman–Crippen LogP) is 6.71. The molecule has 0 saturated heterocycles. The predicted molar refractivity (Wildman–Crippen MR) is 86.8 cm³/mol. The summed E-state index contributed by atoms with van der Waals surface area (Å²) in [5, 5.41) is 0. The van der Waals surface area contributed by atoms with E-state index < -0.39 is 12.6 Å². The third-order valence-corrected chi connectivity index (χ3v) is 4.02. The van der Waals surface area contributed by atoms with Gasteiger partial charge in [-0.2, -0.15) is 13.2 Å². The van der Waals surface area contributed by atoms with Crippen LogP contribution in [0.5, 0.6) is 0 Å². The largest absolute Gasteiger partial charge is 0.389 e. The number of alkyl halides is 3. The molecule has 1 aromatic rings. The summed E-state index contributed by atoms with van der Waals surface area (Å²) < 4.78 is 37.6. The van der Waals surface area contributed by atoms with Gasteiger partial charge in [-0.25, -0.2) is 0 Å². The second-order valence-corrected chi connectivity index (χ2v) is 5.87. The fourth-order valence-corrected chi connectivity index (χ4v) is 2.77. The number of allylic oxidation sites excluding steroid dienone is 2. The first kappa shape index (κ1) is 18.8. The first-order valence-corrected chi connectivity index (χ1v) is 8.23. The Bertz CT molecular complexity index is 432. The molecule has 0 aromatic heterocycles. The summed E-state index contributed by atoms with van der Waals surface area (Å²) in [5.41, 5.74) is 2.50. The smallest absolute Gasteiger partial charge is 0.171 e. The molecule has 22 heavy (non-hydrogen) atoms. The van der Waals surface area contributed by atoms with E-state index in [0.29, 0.717) is 0 Å². The SMILES string of the molecule is CC/C=C(\CC)CCC(CCC(F)(F)F)Cc1ccccc1. The zero-order chi connectivity index (χ0) is 16.4. The summed E-state index contributed by atoms with van der Waals surface area (Å²) >= 11 is 0. The van der Waals surface area contributed by atoms with Crippen LogP contribution in [0.2, 0.25) is 0 Å². The van der Waals surface area contributed by atoms with E-state index in [1.807, 2.05) is 30.3 Å². The van der Waals surface area contributed by atoms with Crippen molar-refractivity contribution in [1.29, 1.82) is 0 Å². The summed E-state index contributed by atoms with van der Waals surface area (Å²) in [6.45, 7) is 4.21. The summed E-state index contributed by atoms with van der Waals surface area (Å²) in [6, 6.07) is 9.84. The normalized spacial score (nSPS) is 14.1. The zero-order valence-electron chi connectivity index (χ0n) is 13.6. The van der Waals surface area contributed by atoms with E-state index in [2.05, 4.69) is 19.9 Å². The van der Waals surface area contributed by atoms with Gasteiger partial charge in [0.25, 0.3) is 0 Å². The van der Waals surface area contributed by atoms with Crippen LogP contribution in [-0.4, -0.2) is 6.18 Å². The summed E-state index contributed by atoms with van der Waals surface area (Å²) in [5.74, 6) is 0.0934. The average Bonchev–Trinajstić information content (AvgIpc) is 2.48. The van der Waals surface area contributed by atoms with Gasteiger partial charge in [0.05, 0.1) is 0 Å². The van der Waals surface area contributed by atoms with Crippen LogP contribution in [-0.2, 0) is 6.42 Å². The number of rotatable bonds is 9. The Morgan fingerprint density at radius 1 is 1.09 bits per heavy atom. The molecule has 0 aliphatic heterocycles. The molecule has 0 nitrogen and oxygen atoms in total. The van der Waals surface area contributed by atoms with Crippen LogP contribution >= 0.6 is 0 Å². The second-order valence-electron chi connectivity index (χ2n) is 5.87. The van der Waals surface area contributed by atoms with E-state index >= 15 is 0 Å². The molecule has 0 spiro atoms. The molecule has 0 heterocycles. The van der Waals surface area contributed by atoms with Crippen LogP contribution in [0.25, 0.3) is 0 Å². The van der Waals surface area contributed by atoms with E-state index in [1.165, 1.54) is 5.57 Å². The van der Waals surface area contributed by atoms with Crippen molar-refractivity contribution in [3.05, 3.63) is 47.5 Å². The molecule has 0 saturated carbocycles. The van der Waals surface area contributed by atoms with Crippen molar-refractivity contribution in [2.24, 2.45) is 5.92 Å². The molecule has 0 aliphatic rings. The van der Waals surface area contributed by atoms with Gasteiger partial charge in [0.15, 0.2) is 0 Å². The molecule has 1 atom stereocenters. The molecule has 1 aromatic carbocycles. The van der Waals surface area contributed by atoms with Crippen molar-refractivity contribution in [3.8, 4) is 0 Å². The Labute approximate surface area is 132 Å². The third kappa shape index (κ3) is 8.26. The average molecular weight is 312 g/mol. The van der Waals surface area contributed by atoms with Gasteiger partial charge in [-0.1, -0.05) is 55.8 Å². The van der Waals surface area contributed by atoms with E-state index in [1.54, 1.807) is 0 Å². The molecule has 0 N–H and O–H groups in total. The number of hydrogen-bond acceptors (Lipinski definition) is 0. The molecule has 1 rings (SSSR count). The fraction of sp³-hybridized carbons (Fsp3) is 0.579. The first-order valence-electron chi connectivity index (χ1n) is 8.23. The standard InChI is InChI=1S/C19H27F3/c1-3-8-16(4-2)11-12-18(13-14-19(20,21)22)15-17-9-6-5-7-10-17/h5-10,18H,3-4,11-15H2,1-2H3/b16-8+. The van der Waals surface area contributed by atoms with Crippen LogP contribution < -0.4 is 0 Å². The highest BCUT2D eigenvalue weighted by Gasteiger charge is 2.28.